The van der Waals surface area contributed by atoms with Crippen molar-refractivity contribution in [3.8, 4) is 0 Å². The number of rotatable bonds is 1. The van der Waals surface area contributed by atoms with Crippen LogP contribution in [0.1, 0.15) is 35.4 Å². The Balaban J connectivity index is 1.40. The van der Waals surface area contributed by atoms with Crippen molar-refractivity contribution in [2.45, 2.75) is 31.7 Å². The number of piperidine rings is 3. The molecule has 1 aromatic carbocycles. The zero-order valence-electron chi connectivity index (χ0n) is 14.5. The van der Waals surface area contributed by atoms with E-state index in [0.717, 1.165) is 53.9 Å². The van der Waals surface area contributed by atoms with Crippen LogP contribution in [0.4, 0.5) is 0 Å². The Hall–Kier alpha value is -1.59. The fourth-order valence-corrected chi connectivity index (χ4v) is 6.40. The third-order valence-electron chi connectivity index (χ3n) is 6.19. The fourth-order valence-electron chi connectivity index (χ4n) is 5.06. The second kappa shape index (κ2) is 6.24. The number of carbonyl (C=O) groups is 2. The van der Waals surface area contributed by atoms with Crippen LogP contribution in [0, 0.1) is 11.8 Å². The number of hydrogen-bond acceptors (Lipinski definition) is 3. The van der Waals surface area contributed by atoms with Gasteiger partial charge >= 0.3 is 0 Å². The minimum absolute atomic E-state index is 0.118. The van der Waals surface area contributed by atoms with Crippen molar-refractivity contribution in [3.63, 3.8) is 0 Å². The molecule has 3 aliphatic heterocycles. The fraction of sp³-hybridized carbons (Fsp3) is 0.500. The van der Waals surface area contributed by atoms with Crippen LogP contribution >= 0.6 is 22.9 Å². The molecule has 0 aliphatic carbocycles. The normalized spacial score (nSPS) is 28.3. The van der Waals surface area contributed by atoms with Crippen molar-refractivity contribution >= 4 is 44.8 Å². The van der Waals surface area contributed by atoms with Gasteiger partial charge in [0.25, 0.3) is 5.91 Å². The first-order valence-electron chi connectivity index (χ1n) is 9.37. The summed E-state index contributed by atoms with van der Waals surface area (Å²) < 4.78 is 1.06. The molecule has 1 aromatic heterocycles. The molecule has 3 aliphatic rings. The van der Waals surface area contributed by atoms with E-state index in [1.54, 1.807) is 0 Å². The number of amides is 2. The maximum absolute atomic E-state index is 13.1. The van der Waals surface area contributed by atoms with E-state index in [2.05, 4.69) is 4.90 Å². The Morgan fingerprint density at radius 2 is 2.12 bits per heavy atom. The Labute approximate surface area is 161 Å². The molecule has 136 valence electrons. The molecule has 2 amide bonds. The second-order valence-corrected chi connectivity index (χ2v) is 9.33. The van der Waals surface area contributed by atoms with Gasteiger partial charge in [-0.05, 0) is 49.3 Å². The highest BCUT2D eigenvalue weighted by Gasteiger charge is 2.44. The first-order chi connectivity index (χ1) is 12.6. The van der Waals surface area contributed by atoms with Crippen molar-refractivity contribution in [2.24, 2.45) is 11.8 Å². The number of halogens is 1. The van der Waals surface area contributed by atoms with Crippen LogP contribution in [0.15, 0.2) is 24.3 Å². The van der Waals surface area contributed by atoms with E-state index in [1.165, 1.54) is 11.3 Å². The molecule has 2 bridgehead atoms. The summed E-state index contributed by atoms with van der Waals surface area (Å²) in [5.74, 6) is 1.27. The largest absolute Gasteiger partial charge is 0.339 e. The molecule has 0 N–H and O–H groups in total. The third-order valence-corrected chi connectivity index (χ3v) is 7.60. The van der Waals surface area contributed by atoms with Crippen LogP contribution in [0.25, 0.3) is 10.1 Å². The monoisotopic (exact) mass is 388 g/mol. The van der Waals surface area contributed by atoms with E-state index in [4.69, 9.17) is 11.6 Å². The molecular formula is C20H21ClN2O2S. The minimum Gasteiger partial charge on any atom is -0.339 e. The Kier molecular flexibility index (Phi) is 3.98. The van der Waals surface area contributed by atoms with E-state index >= 15 is 0 Å². The number of nitrogens with zero attached hydrogens (tertiary/aromatic N) is 2. The van der Waals surface area contributed by atoms with Crippen molar-refractivity contribution in [1.82, 2.24) is 9.80 Å². The molecule has 3 unspecified atom stereocenters. The highest BCUT2D eigenvalue weighted by molar-refractivity contribution is 7.20. The maximum atomic E-state index is 13.1. The zero-order valence-corrected chi connectivity index (χ0v) is 16.1. The van der Waals surface area contributed by atoms with E-state index in [9.17, 15) is 9.59 Å². The summed E-state index contributed by atoms with van der Waals surface area (Å²) >= 11 is 7.80. The van der Waals surface area contributed by atoms with Gasteiger partial charge in [0, 0.05) is 47.2 Å². The predicted molar refractivity (Wildman–Crippen MR) is 104 cm³/mol. The van der Waals surface area contributed by atoms with E-state index in [1.807, 2.05) is 29.2 Å². The molecule has 4 nitrogen and oxygen atoms in total. The van der Waals surface area contributed by atoms with Crippen molar-refractivity contribution in [2.75, 3.05) is 19.6 Å². The lowest BCUT2D eigenvalue weighted by atomic mass is 9.76. The highest BCUT2D eigenvalue weighted by atomic mass is 35.5. The van der Waals surface area contributed by atoms with Gasteiger partial charge in [-0.25, -0.2) is 0 Å². The zero-order chi connectivity index (χ0) is 17.8. The SMILES string of the molecule is O=C(c1cc2c(Cl)cccc2s1)N1CC2CC(C1)C1CCCC(=O)N1C2. The lowest BCUT2D eigenvalue weighted by Gasteiger charge is -2.52. The first-order valence-corrected chi connectivity index (χ1v) is 10.6. The van der Waals surface area contributed by atoms with Crippen LogP contribution in [0.5, 0.6) is 0 Å². The van der Waals surface area contributed by atoms with Crippen LogP contribution in [0.2, 0.25) is 5.02 Å². The van der Waals surface area contributed by atoms with Gasteiger partial charge in [0.1, 0.15) is 0 Å². The van der Waals surface area contributed by atoms with Crippen LogP contribution < -0.4 is 0 Å². The maximum Gasteiger partial charge on any atom is 0.263 e. The number of benzene rings is 1. The molecule has 0 saturated carbocycles. The van der Waals surface area contributed by atoms with Gasteiger partial charge < -0.3 is 9.80 Å². The van der Waals surface area contributed by atoms with E-state index in [-0.39, 0.29) is 5.91 Å². The summed E-state index contributed by atoms with van der Waals surface area (Å²) in [6.07, 6.45) is 3.92. The van der Waals surface area contributed by atoms with Crippen molar-refractivity contribution in [1.29, 1.82) is 0 Å². The van der Waals surface area contributed by atoms with Crippen LogP contribution in [-0.4, -0.2) is 47.3 Å². The Morgan fingerprint density at radius 1 is 1.23 bits per heavy atom. The molecule has 0 radical (unpaired) electrons. The van der Waals surface area contributed by atoms with E-state index < -0.39 is 0 Å². The van der Waals surface area contributed by atoms with Crippen molar-refractivity contribution < 1.29 is 9.59 Å². The smallest absolute Gasteiger partial charge is 0.263 e. The van der Waals surface area contributed by atoms with Gasteiger partial charge in [0.05, 0.1) is 4.88 Å². The van der Waals surface area contributed by atoms with Gasteiger partial charge in [-0.3, -0.25) is 9.59 Å². The summed E-state index contributed by atoms with van der Waals surface area (Å²) in [4.78, 5) is 30.3. The summed E-state index contributed by atoms with van der Waals surface area (Å²) in [5.41, 5.74) is 0. The minimum atomic E-state index is 0.118. The van der Waals surface area contributed by atoms with Gasteiger partial charge in [0.2, 0.25) is 5.91 Å². The molecule has 4 heterocycles. The number of likely N-dealkylation sites (tertiary alicyclic amines) is 1. The summed E-state index contributed by atoms with van der Waals surface area (Å²) in [7, 11) is 0. The van der Waals surface area contributed by atoms with Crippen LogP contribution in [-0.2, 0) is 4.79 Å². The molecule has 5 rings (SSSR count). The second-order valence-electron chi connectivity index (χ2n) is 7.84. The molecule has 3 saturated heterocycles. The molecule has 26 heavy (non-hydrogen) atoms. The van der Waals surface area contributed by atoms with Gasteiger partial charge in [0.15, 0.2) is 0 Å². The predicted octanol–water partition coefficient (Wildman–Crippen LogP) is 4.03. The number of thiophene rings is 1. The lowest BCUT2D eigenvalue weighted by molar-refractivity contribution is -0.144. The Morgan fingerprint density at radius 3 is 2.96 bits per heavy atom. The average Bonchev–Trinajstić information content (AvgIpc) is 3.08. The number of hydrogen-bond donors (Lipinski definition) is 0. The summed E-state index contributed by atoms with van der Waals surface area (Å²) in [5, 5.41) is 1.66. The summed E-state index contributed by atoms with van der Waals surface area (Å²) in [6.45, 7) is 2.35. The quantitative estimate of drug-likeness (QED) is 0.740. The third kappa shape index (κ3) is 2.64. The lowest BCUT2D eigenvalue weighted by Crippen LogP contribution is -2.61. The molecule has 3 fully saturated rings. The summed E-state index contributed by atoms with van der Waals surface area (Å²) in [6, 6.07) is 8.07. The molecular weight excluding hydrogens is 368 g/mol. The first kappa shape index (κ1) is 16.6. The van der Waals surface area contributed by atoms with Crippen molar-refractivity contribution in [3.05, 3.63) is 34.2 Å². The molecule has 0 spiro atoms. The average molecular weight is 389 g/mol. The van der Waals surface area contributed by atoms with E-state index in [0.29, 0.717) is 35.2 Å². The van der Waals surface area contributed by atoms with Gasteiger partial charge in [-0.15, -0.1) is 11.3 Å². The topological polar surface area (TPSA) is 40.6 Å². The highest BCUT2D eigenvalue weighted by Crippen LogP contribution is 2.39. The van der Waals surface area contributed by atoms with Gasteiger partial charge in [-0.2, -0.15) is 0 Å². The standard InChI is InChI=1S/C20H21ClN2O2S/c21-15-3-1-5-17-14(15)8-18(26-17)20(25)22-9-12-7-13(11-22)16-4-2-6-19(24)23(16)10-12/h1,3,5,8,12-13,16H,2,4,6-7,9-11H2. The van der Waals surface area contributed by atoms with Gasteiger partial charge in [-0.1, -0.05) is 17.7 Å². The number of fused-ring (bicyclic) bond motifs is 5. The molecule has 2 aromatic rings. The van der Waals surface area contributed by atoms with Crippen LogP contribution in [0.3, 0.4) is 0 Å². The number of carbonyl (C=O) groups excluding carboxylic acids is 2. The Bertz CT molecular complexity index is 895. The molecule has 3 atom stereocenters. The molecule has 6 heteroatoms.